The second-order valence-corrected chi connectivity index (χ2v) is 2.82. The predicted octanol–water partition coefficient (Wildman–Crippen LogP) is 0.527. The van der Waals surface area contributed by atoms with Crippen LogP contribution in [0.15, 0.2) is 0 Å². The van der Waals surface area contributed by atoms with Crippen molar-refractivity contribution in [1.82, 2.24) is 4.90 Å². The predicted molar refractivity (Wildman–Crippen MR) is 36.3 cm³/mol. The van der Waals surface area contributed by atoms with Gasteiger partial charge in [0.05, 0.1) is 6.54 Å². The van der Waals surface area contributed by atoms with Gasteiger partial charge in [0.2, 0.25) is 0 Å². The van der Waals surface area contributed by atoms with Crippen molar-refractivity contribution in [1.29, 1.82) is 0 Å². The molecule has 0 bridgehead atoms. The molecule has 1 heterocycles. The monoisotopic (exact) mass is 127 g/mol. The molecular weight excluding hydrogens is 114 g/mol. The summed E-state index contributed by atoms with van der Waals surface area (Å²) in [5.74, 6) is 0.796. The zero-order valence-electron chi connectivity index (χ0n) is 5.84. The second-order valence-electron chi connectivity index (χ2n) is 2.82. The summed E-state index contributed by atoms with van der Waals surface area (Å²) in [5, 5.41) is 0. The molecule has 2 heteroatoms. The first-order chi connectivity index (χ1) is 4.33. The third kappa shape index (κ3) is 1.79. The van der Waals surface area contributed by atoms with E-state index < -0.39 is 0 Å². The molecule has 52 valence electrons. The fourth-order valence-electron chi connectivity index (χ4n) is 1.30. The topological polar surface area (TPSA) is 20.3 Å². The molecular formula is C7H13NO. The first-order valence-electron chi connectivity index (χ1n) is 3.49. The molecule has 1 aliphatic rings. The number of nitrogens with zero attached hydrogens (tertiary/aromatic N) is 1. The minimum absolute atomic E-state index is 0.629. The Morgan fingerprint density at radius 2 is 2.56 bits per heavy atom. The summed E-state index contributed by atoms with van der Waals surface area (Å²) in [4.78, 5) is 12.2. The van der Waals surface area contributed by atoms with Gasteiger partial charge in [-0.2, -0.15) is 0 Å². The number of hydrogen-bond acceptors (Lipinski definition) is 2. The van der Waals surface area contributed by atoms with Crippen LogP contribution in [0.2, 0.25) is 0 Å². The highest BCUT2D eigenvalue weighted by molar-refractivity contribution is 5.52. The van der Waals surface area contributed by atoms with Gasteiger partial charge in [-0.15, -0.1) is 0 Å². The summed E-state index contributed by atoms with van der Waals surface area (Å²) in [5.41, 5.74) is 0. The number of rotatable bonds is 2. The van der Waals surface area contributed by atoms with E-state index in [1.54, 1.807) is 0 Å². The number of aldehydes is 1. The molecule has 0 aromatic carbocycles. The van der Waals surface area contributed by atoms with Crippen LogP contribution in [0, 0.1) is 5.92 Å². The summed E-state index contributed by atoms with van der Waals surface area (Å²) in [7, 11) is 0. The number of hydrogen-bond donors (Lipinski definition) is 0. The van der Waals surface area contributed by atoms with E-state index in [9.17, 15) is 4.79 Å². The molecule has 1 aliphatic heterocycles. The van der Waals surface area contributed by atoms with E-state index in [2.05, 4.69) is 11.8 Å². The molecule has 1 fully saturated rings. The summed E-state index contributed by atoms with van der Waals surface area (Å²) >= 11 is 0. The van der Waals surface area contributed by atoms with Gasteiger partial charge in [0.25, 0.3) is 0 Å². The number of carbonyl (C=O) groups is 1. The highest BCUT2D eigenvalue weighted by Gasteiger charge is 2.16. The third-order valence-electron chi connectivity index (χ3n) is 1.84. The van der Waals surface area contributed by atoms with Crippen molar-refractivity contribution in [3.8, 4) is 0 Å². The van der Waals surface area contributed by atoms with E-state index in [-0.39, 0.29) is 0 Å². The molecule has 0 amide bonds. The maximum Gasteiger partial charge on any atom is 0.133 e. The fourth-order valence-corrected chi connectivity index (χ4v) is 1.30. The summed E-state index contributed by atoms with van der Waals surface area (Å²) in [6.45, 7) is 5.08. The Balaban J connectivity index is 2.21. The van der Waals surface area contributed by atoms with Crippen molar-refractivity contribution in [2.24, 2.45) is 5.92 Å². The van der Waals surface area contributed by atoms with Crippen molar-refractivity contribution >= 4 is 6.29 Å². The molecule has 0 spiro atoms. The third-order valence-corrected chi connectivity index (χ3v) is 1.84. The smallest absolute Gasteiger partial charge is 0.133 e. The summed E-state index contributed by atoms with van der Waals surface area (Å²) in [6.07, 6.45) is 2.24. The van der Waals surface area contributed by atoms with Crippen LogP contribution in [0.3, 0.4) is 0 Å². The van der Waals surface area contributed by atoms with Crippen LogP contribution >= 0.6 is 0 Å². The molecule has 0 aliphatic carbocycles. The van der Waals surface area contributed by atoms with Gasteiger partial charge in [-0.25, -0.2) is 0 Å². The van der Waals surface area contributed by atoms with Crippen LogP contribution in [0.4, 0.5) is 0 Å². The van der Waals surface area contributed by atoms with Crippen LogP contribution in [-0.4, -0.2) is 30.8 Å². The van der Waals surface area contributed by atoms with E-state index in [0.717, 1.165) is 25.3 Å². The maximum atomic E-state index is 10.0. The molecule has 0 saturated carbocycles. The molecule has 9 heavy (non-hydrogen) atoms. The zero-order valence-corrected chi connectivity index (χ0v) is 5.84. The van der Waals surface area contributed by atoms with Crippen molar-refractivity contribution < 1.29 is 4.79 Å². The van der Waals surface area contributed by atoms with Crippen LogP contribution in [0.25, 0.3) is 0 Å². The normalized spacial score (nSPS) is 28.8. The largest absolute Gasteiger partial charge is 0.302 e. The fraction of sp³-hybridized carbons (Fsp3) is 0.857. The van der Waals surface area contributed by atoms with Gasteiger partial charge in [-0.05, 0) is 18.9 Å². The molecule has 1 atom stereocenters. The quantitative estimate of drug-likeness (QED) is 0.504. The Morgan fingerprint density at radius 3 is 3.00 bits per heavy atom. The Kier molecular flexibility index (Phi) is 2.22. The molecule has 0 aromatic heterocycles. The van der Waals surface area contributed by atoms with Crippen LogP contribution in [-0.2, 0) is 4.79 Å². The first kappa shape index (κ1) is 6.75. The second kappa shape index (κ2) is 2.97. The average Bonchev–Trinajstić information content (AvgIpc) is 2.17. The molecule has 0 aromatic rings. The van der Waals surface area contributed by atoms with Gasteiger partial charge < -0.3 is 4.79 Å². The van der Waals surface area contributed by atoms with Crippen molar-refractivity contribution in [2.45, 2.75) is 13.3 Å². The molecule has 0 N–H and O–H groups in total. The lowest BCUT2D eigenvalue weighted by atomic mass is 10.2. The molecule has 1 rings (SSSR count). The van der Waals surface area contributed by atoms with Gasteiger partial charge in [0, 0.05) is 6.54 Å². The molecule has 0 radical (unpaired) electrons. The summed E-state index contributed by atoms with van der Waals surface area (Å²) < 4.78 is 0. The lowest BCUT2D eigenvalue weighted by Crippen LogP contribution is -2.22. The Hall–Kier alpha value is -0.370. The number of likely N-dealkylation sites (tertiary alicyclic amines) is 1. The number of carbonyl (C=O) groups excluding carboxylic acids is 1. The Labute approximate surface area is 55.8 Å². The van der Waals surface area contributed by atoms with Gasteiger partial charge in [-0.3, -0.25) is 4.90 Å². The minimum Gasteiger partial charge on any atom is -0.302 e. The Morgan fingerprint density at radius 1 is 1.78 bits per heavy atom. The van der Waals surface area contributed by atoms with Crippen LogP contribution < -0.4 is 0 Å². The van der Waals surface area contributed by atoms with E-state index >= 15 is 0 Å². The van der Waals surface area contributed by atoms with Gasteiger partial charge in [0.15, 0.2) is 0 Å². The van der Waals surface area contributed by atoms with E-state index in [4.69, 9.17) is 0 Å². The van der Waals surface area contributed by atoms with Gasteiger partial charge >= 0.3 is 0 Å². The van der Waals surface area contributed by atoms with Gasteiger partial charge in [-0.1, -0.05) is 6.92 Å². The van der Waals surface area contributed by atoms with Crippen LogP contribution in [0.5, 0.6) is 0 Å². The van der Waals surface area contributed by atoms with Crippen LogP contribution in [0.1, 0.15) is 13.3 Å². The van der Waals surface area contributed by atoms with Gasteiger partial charge in [0.1, 0.15) is 6.29 Å². The van der Waals surface area contributed by atoms with Crippen molar-refractivity contribution in [3.05, 3.63) is 0 Å². The summed E-state index contributed by atoms with van der Waals surface area (Å²) in [6, 6.07) is 0. The maximum absolute atomic E-state index is 10.0. The van der Waals surface area contributed by atoms with Crippen molar-refractivity contribution in [2.75, 3.05) is 19.6 Å². The van der Waals surface area contributed by atoms with E-state index in [1.807, 2.05) is 0 Å². The minimum atomic E-state index is 0.629. The van der Waals surface area contributed by atoms with Crippen molar-refractivity contribution in [3.63, 3.8) is 0 Å². The lowest BCUT2D eigenvalue weighted by molar-refractivity contribution is -0.108. The van der Waals surface area contributed by atoms with E-state index in [0.29, 0.717) is 6.54 Å². The SMILES string of the molecule is CC1CCN(CC=O)C1. The highest BCUT2D eigenvalue weighted by atomic mass is 16.1. The van der Waals surface area contributed by atoms with E-state index in [1.165, 1.54) is 6.42 Å². The molecule has 2 nitrogen and oxygen atoms in total. The highest BCUT2D eigenvalue weighted by Crippen LogP contribution is 2.13. The first-order valence-corrected chi connectivity index (χ1v) is 3.49. The standard InChI is InChI=1S/C7H13NO/c1-7-2-3-8(6-7)4-5-9/h5,7H,2-4,6H2,1H3. The zero-order chi connectivity index (χ0) is 6.69. The Bertz CT molecular complexity index is 103. The molecule has 1 saturated heterocycles. The lowest BCUT2D eigenvalue weighted by Gasteiger charge is -2.08. The molecule has 1 unspecified atom stereocenters. The average molecular weight is 127 g/mol.